The van der Waals surface area contributed by atoms with Crippen LogP contribution >= 0.6 is 11.8 Å². The molecule has 0 aromatic rings. The normalized spacial score (nSPS) is 14.4. The van der Waals surface area contributed by atoms with Gasteiger partial charge in [-0.25, -0.2) is 0 Å². The SMILES string of the molecule is C#CCSCCNCC(O)COC(C)CC(C)C. The summed E-state index contributed by atoms with van der Waals surface area (Å²) in [6, 6.07) is 0. The minimum absolute atomic E-state index is 0.214. The average Bonchev–Trinajstić information content (AvgIpc) is 2.30. The van der Waals surface area contributed by atoms with Crippen molar-refractivity contribution in [2.24, 2.45) is 5.92 Å². The molecule has 0 saturated heterocycles. The molecule has 106 valence electrons. The molecule has 2 atom stereocenters. The van der Waals surface area contributed by atoms with Crippen LogP contribution < -0.4 is 5.32 Å². The molecule has 0 aromatic carbocycles. The van der Waals surface area contributed by atoms with Crippen molar-refractivity contribution in [3.63, 3.8) is 0 Å². The lowest BCUT2D eigenvalue weighted by molar-refractivity contribution is -0.00829. The molecule has 0 aliphatic carbocycles. The van der Waals surface area contributed by atoms with Crippen LogP contribution in [0.3, 0.4) is 0 Å². The Morgan fingerprint density at radius 3 is 2.72 bits per heavy atom. The molecule has 0 heterocycles. The minimum atomic E-state index is -0.433. The van der Waals surface area contributed by atoms with Crippen LogP contribution in [0.15, 0.2) is 0 Å². The van der Waals surface area contributed by atoms with Crippen LogP contribution in [0.25, 0.3) is 0 Å². The zero-order valence-electron chi connectivity index (χ0n) is 11.8. The molecule has 0 saturated carbocycles. The Kier molecular flexibility index (Phi) is 11.7. The van der Waals surface area contributed by atoms with Crippen LogP contribution in [0.2, 0.25) is 0 Å². The van der Waals surface area contributed by atoms with Crippen molar-refractivity contribution in [2.75, 3.05) is 31.2 Å². The van der Waals surface area contributed by atoms with E-state index in [9.17, 15) is 5.11 Å². The van der Waals surface area contributed by atoms with Crippen LogP contribution in [-0.2, 0) is 4.74 Å². The first-order valence-electron chi connectivity index (χ1n) is 6.57. The van der Waals surface area contributed by atoms with Gasteiger partial charge in [-0.2, -0.15) is 0 Å². The van der Waals surface area contributed by atoms with E-state index in [1.165, 1.54) is 0 Å². The maximum atomic E-state index is 9.71. The molecule has 0 amide bonds. The predicted molar refractivity (Wildman–Crippen MR) is 79.9 cm³/mol. The van der Waals surface area contributed by atoms with E-state index in [2.05, 4.69) is 32.0 Å². The lowest BCUT2D eigenvalue weighted by Gasteiger charge is -2.18. The molecule has 2 N–H and O–H groups in total. The van der Waals surface area contributed by atoms with Crippen LogP contribution in [0.4, 0.5) is 0 Å². The van der Waals surface area contributed by atoms with Gasteiger partial charge in [0.2, 0.25) is 0 Å². The van der Waals surface area contributed by atoms with Crippen LogP contribution in [0.1, 0.15) is 27.2 Å². The Bertz CT molecular complexity index is 228. The van der Waals surface area contributed by atoms with Crippen molar-refractivity contribution >= 4 is 11.8 Å². The highest BCUT2D eigenvalue weighted by molar-refractivity contribution is 7.99. The van der Waals surface area contributed by atoms with Gasteiger partial charge >= 0.3 is 0 Å². The zero-order valence-corrected chi connectivity index (χ0v) is 12.6. The van der Waals surface area contributed by atoms with Gasteiger partial charge in [0.1, 0.15) is 0 Å². The monoisotopic (exact) mass is 273 g/mol. The van der Waals surface area contributed by atoms with E-state index in [4.69, 9.17) is 11.2 Å². The lowest BCUT2D eigenvalue weighted by Crippen LogP contribution is -2.33. The predicted octanol–water partition coefficient (Wildman–Crippen LogP) is 1.75. The second-order valence-electron chi connectivity index (χ2n) is 4.89. The third-order valence-electron chi connectivity index (χ3n) is 2.36. The number of ether oxygens (including phenoxy) is 1. The molecular weight excluding hydrogens is 246 g/mol. The summed E-state index contributed by atoms with van der Waals surface area (Å²) >= 11 is 1.72. The van der Waals surface area contributed by atoms with E-state index in [1.54, 1.807) is 11.8 Å². The number of hydrogen-bond acceptors (Lipinski definition) is 4. The molecular formula is C14H27NO2S. The Morgan fingerprint density at radius 1 is 1.39 bits per heavy atom. The molecule has 0 aliphatic rings. The molecule has 2 unspecified atom stereocenters. The van der Waals surface area contributed by atoms with Crippen molar-refractivity contribution in [1.29, 1.82) is 0 Å². The summed E-state index contributed by atoms with van der Waals surface area (Å²) in [6.07, 6.45) is 5.96. The van der Waals surface area contributed by atoms with E-state index in [1.807, 2.05) is 0 Å². The maximum absolute atomic E-state index is 9.71. The van der Waals surface area contributed by atoms with Crippen molar-refractivity contribution in [3.8, 4) is 12.3 Å². The van der Waals surface area contributed by atoms with Crippen molar-refractivity contribution < 1.29 is 9.84 Å². The van der Waals surface area contributed by atoms with Gasteiger partial charge in [-0.1, -0.05) is 19.8 Å². The summed E-state index contributed by atoms with van der Waals surface area (Å²) in [4.78, 5) is 0. The second kappa shape index (κ2) is 11.9. The first-order valence-corrected chi connectivity index (χ1v) is 7.73. The van der Waals surface area contributed by atoms with Gasteiger partial charge in [-0.05, 0) is 19.3 Å². The van der Waals surface area contributed by atoms with Gasteiger partial charge in [0.25, 0.3) is 0 Å². The van der Waals surface area contributed by atoms with Gasteiger partial charge in [0, 0.05) is 18.8 Å². The number of nitrogens with one attached hydrogen (secondary N) is 1. The fourth-order valence-corrected chi connectivity index (χ4v) is 2.16. The second-order valence-corrected chi connectivity index (χ2v) is 5.99. The molecule has 0 spiro atoms. The van der Waals surface area contributed by atoms with Crippen LogP contribution in [0.5, 0.6) is 0 Å². The number of hydrogen-bond donors (Lipinski definition) is 2. The largest absolute Gasteiger partial charge is 0.389 e. The van der Waals surface area contributed by atoms with Gasteiger partial charge < -0.3 is 15.2 Å². The summed E-state index contributed by atoms with van der Waals surface area (Å²) in [5.74, 6) is 4.93. The molecule has 18 heavy (non-hydrogen) atoms. The number of thioether (sulfide) groups is 1. The van der Waals surface area contributed by atoms with Crippen molar-refractivity contribution in [1.82, 2.24) is 5.32 Å². The Labute approximate surface area is 116 Å². The smallest absolute Gasteiger partial charge is 0.0897 e. The molecule has 0 radical (unpaired) electrons. The summed E-state index contributed by atoms with van der Waals surface area (Å²) in [5.41, 5.74) is 0. The number of rotatable bonds is 11. The van der Waals surface area contributed by atoms with E-state index in [-0.39, 0.29) is 6.10 Å². The van der Waals surface area contributed by atoms with Gasteiger partial charge in [0.05, 0.1) is 24.6 Å². The first-order chi connectivity index (χ1) is 8.56. The quantitative estimate of drug-likeness (QED) is 0.444. The summed E-state index contributed by atoms with van der Waals surface area (Å²) < 4.78 is 5.59. The van der Waals surface area contributed by atoms with E-state index < -0.39 is 6.10 Å². The van der Waals surface area contributed by atoms with Gasteiger partial charge in [-0.3, -0.25) is 0 Å². The zero-order chi connectivity index (χ0) is 13.8. The third kappa shape index (κ3) is 12.3. The average molecular weight is 273 g/mol. The number of aliphatic hydroxyl groups is 1. The van der Waals surface area contributed by atoms with Crippen molar-refractivity contribution in [2.45, 2.75) is 39.4 Å². The molecule has 0 rings (SSSR count). The number of terminal acetylenes is 1. The van der Waals surface area contributed by atoms with Gasteiger partial charge in [-0.15, -0.1) is 18.2 Å². The molecule has 0 aromatic heterocycles. The topological polar surface area (TPSA) is 41.5 Å². The molecule has 0 bridgehead atoms. The first kappa shape index (κ1) is 17.8. The Balaban J connectivity index is 3.37. The highest BCUT2D eigenvalue weighted by Crippen LogP contribution is 2.07. The standard InChI is InChI=1S/C14H27NO2S/c1-5-7-18-8-6-15-10-14(16)11-17-13(4)9-12(2)3/h1,12-16H,6-11H2,2-4H3. The molecule has 4 heteroatoms. The molecule has 0 fully saturated rings. The van der Waals surface area contributed by atoms with E-state index >= 15 is 0 Å². The Hall–Kier alpha value is -0.210. The summed E-state index contributed by atoms with van der Waals surface area (Å²) in [7, 11) is 0. The van der Waals surface area contributed by atoms with E-state index in [0.717, 1.165) is 24.5 Å². The van der Waals surface area contributed by atoms with Crippen LogP contribution in [-0.4, -0.2) is 48.5 Å². The maximum Gasteiger partial charge on any atom is 0.0897 e. The lowest BCUT2D eigenvalue weighted by atomic mass is 10.1. The van der Waals surface area contributed by atoms with E-state index in [0.29, 0.717) is 19.1 Å². The third-order valence-corrected chi connectivity index (χ3v) is 3.23. The molecule has 0 aliphatic heterocycles. The van der Waals surface area contributed by atoms with Crippen LogP contribution in [0, 0.1) is 18.3 Å². The number of aliphatic hydroxyl groups excluding tert-OH is 1. The minimum Gasteiger partial charge on any atom is -0.389 e. The Morgan fingerprint density at radius 2 is 2.11 bits per heavy atom. The fourth-order valence-electron chi connectivity index (χ4n) is 1.61. The summed E-state index contributed by atoms with van der Waals surface area (Å²) in [5, 5.41) is 12.9. The van der Waals surface area contributed by atoms with Gasteiger partial charge in [0.15, 0.2) is 0 Å². The van der Waals surface area contributed by atoms with Crippen molar-refractivity contribution in [3.05, 3.63) is 0 Å². The highest BCUT2D eigenvalue weighted by atomic mass is 32.2. The molecule has 3 nitrogen and oxygen atoms in total. The fraction of sp³-hybridized carbons (Fsp3) is 0.857. The summed E-state index contributed by atoms with van der Waals surface area (Å²) in [6.45, 7) is 8.24. The highest BCUT2D eigenvalue weighted by Gasteiger charge is 2.09.